The number of aliphatic hydroxyl groups is 1. The lowest BCUT2D eigenvalue weighted by atomic mass is 9.92. The minimum absolute atomic E-state index is 0.158. The van der Waals surface area contributed by atoms with Gasteiger partial charge in [-0.2, -0.15) is 4.98 Å². The third-order valence-corrected chi connectivity index (χ3v) is 3.53. The third kappa shape index (κ3) is 3.80. The fourth-order valence-corrected chi connectivity index (χ4v) is 2.61. The average Bonchev–Trinajstić information content (AvgIpc) is 2.86. The van der Waals surface area contributed by atoms with Gasteiger partial charge >= 0.3 is 0 Å². The van der Waals surface area contributed by atoms with E-state index in [4.69, 9.17) is 4.52 Å². The topological polar surface area (TPSA) is 59.2 Å². The number of aromatic nitrogens is 2. The summed E-state index contributed by atoms with van der Waals surface area (Å²) >= 11 is 0. The Kier molecular flexibility index (Phi) is 4.05. The molecule has 102 valence electrons. The first kappa shape index (κ1) is 13.5. The van der Waals surface area contributed by atoms with Crippen molar-refractivity contribution in [3.63, 3.8) is 0 Å². The Labute approximate surface area is 109 Å². The molecule has 0 aromatic carbocycles. The number of nitrogens with zero attached hydrogens (tertiary/aromatic N) is 2. The standard InChI is InChI=1S/C14H24N2O2/c1-14(2,3)9-12-15-13(18-16-12)8-11(17)10-6-4-5-7-10/h10-11,17H,4-9H2,1-3H3. The zero-order valence-corrected chi connectivity index (χ0v) is 11.6. The highest BCUT2D eigenvalue weighted by Gasteiger charge is 2.25. The molecule has 0 bridgehead atoms. The van der Waals surface area contributed by atoms with Gasteiger partial charge in [-0.25, -0.2) is 0 Å². The number of rotatable bonds is 4. The quantitative estimate of drug-likeness (QED) is 0.895. The summed E-state index contributed by atoms with van der Waals surface area (Å²) in [5.74, 6) is 1.74. The van der Waals surface area contributed by atoms with Crippen molar-refractivity contribution in [1.82, 2.24) is 10.1 Å². The van der Waals surface area contributed by atoms with E-state index >= 15 is 0 Å². The molecule has 1 aliphatic carbocycles. The lowest BCUT2D eigenvalue weighted by Gasteiger charge is -2.15. The smallest absolute Gasteiger partial charge is 0.229 e. The summed E-state index contributed by atoms with van der Waals surface area (Å²) in [7, 11) is 0. The molecule has 1 N–H and O–H groups in total. The van der Waals surface area contributed by atoms with Crippen LogP contribution < -0.4 is 0 Å². The van der Waals surface area contributed by atoms with E-state index in [2.05, 4.69) is 30.9 Å². The van der Waals surface area contributed by atoms with E-state index in [9.17, 15) is 5.11 Å². The maximum absolute atomic E-state index is 10.1. The van der Waals surface area contributed by atoms with Gasteiger partial charge in [0.05, 0.1) is 12.5 Å². The van der Waals surface area contributed by atoms with Crippen molar-refractivity contribution in [2.24, 2.45) is 11.3 Å². The van der Waals surface area contributed by atoms with Gasteiger partial charge in [-0.3, -0.25) is 0 Å². The number of hydrogen-bond donors (Lipinski definition) is 1. The van der Waals surface area contributed by atoms with Crippen LogP contribution in [0.4, 0.5) is 0 Å². The summed E-state index contributed by atoms with van der Waals surface area (Å²) in [6.07, 6.45) is 5.71. The molecule has 0 spiro atoms. The molecule has 4 heteroatoms. The number of aliphatic hydroxyl groups excluding tert-OH is 1. The minimum Gasteiger partial charge on any atom is -0.392 e. The van der Waals surface area contributed by atoms with E-state index in [1.807, 2.05) is 0 Å². The molecular weight excluding hydrogens is 228 g/mol. The third-order valence-electron chi connectivity index (χ3n) is 3.53. The molecule has 0 saturated heterocycles. The van der Waals surface area contributed by atoms with Crippen LogP contribution in [0.2, 0.25) is 0 Å². The van der Waals surface area contributed by atoms with Crippen molar-refractivity contribution >= 4 is 0 Å². The largest absolute Gasteiger partial charge is 0.392 e. The van der Waals surface area contributed by atoms with Gasteiger partial charge in [0.1, 0.15) is 0 Å². The Bertz CT molecular complexity index is 375. The molecule has 1 aromatic rings. The van der Waals surface area contributed by atoms with Gasteiger partial charge in [-0.05, 0) is 24.2 Å². The van der Waals surface area contributed by atoms with Crippen LogP contribution in [0.1, 0.15) is 58.2 Å². The van der Waals surface area contributed by atoms with Crippen molar-refractivity contribution < 1.29 is 9.63 Å². The first-order valence-corrected chi connectivity index (χ1v) is 6.93. The molecule has 1 atom stereocenters. The molecule has 2 rings (SSSR count). The summed E-state index contributed by atoms with van der Waals surface area (Å²) < 4.78 is 5.22. The Hall–Kier alpha value is -0.900. The van der Waals surface area contributed by atoms with E-state index in [1.165, 1.54) is 12.8 Å². The van der Waals surface area contributed by atoms with Gasteiger partial charge in [0.2, 0.25) is 5.89 Å². The van der Waals surface area contributed by atoms with Crippen molar-refractivity contribution in [3.05, 3.63) is 11.7 Å². The first-order valence-electron chi connectivity index (χ1n) is 6.93. The maximum Gasteiger partial charge on any atom is 0.229 e. The lowest BCUT2D eigenvalue weighted by molar-refractivity contribution is 0.102. The van der Waals surface area contributed by atoms with Crippen molar-refractivity contribution in [3.8, 4) is 0 Å². The summed E-state index contributed by atoms with van der Waals surface area (Å²) in [5, 5.41) is 14.1. The molecule has 1 heterocycles. The Morgan fingerprint density at radius 1 is 1.33 bits per heavy atom. The lowest BCUT2D eigenvalue weighted by Crippen LogP contribution is -2.20. The first-order chi connectivity index (χ1) is 8.44. The molecule has 1 aliphatic rings. The van der Waals surface area contributed by atoms with Gasteiger partial charge < -0.3 is 9.63 Å². The molecular formula is C14H24N2O2. The van der Waals surface area contributed by atoms with Gasteiger partial charge in [0.15, 0.2) is 5.82 Å². The fraction of sp³-hybridized carbons (Fsp3) is 0.857. The second-order valence-corrected chi connectivity index (χ2v) is 6.66. The van der Waals surface area contributed by atoms with E-state index in [1.54, 1.807) is 0 Å². The van der Waals surface area contributed by atoms with Gasteiger partial charge in [-0.1, -0.05) is 38.8 Å². The monoisotopic (exact) mass is 252 g/mol. The summed E-state index contributed by atoms with van der Waals surface area (Å²) in [4.78, 5) is 4.37. The average molecular weight is 252 g/mol. The highest BCUT2D eigenvalue weighted by molar-refractivity contribution is 4.92. The molecule has 1 saturated carbocycles. The highest BCUT2D eigenvalue weighted by atomic mass is 16.5. The summed E-state index contributed by atoms with van der Waals surface area (Å²) in [5.41, 5.74) is 0.158. The Morgan fingerprint density at radius 3 is 2.61 bits per heavy atom. The van der Waals surface area contributed by atoms with E-state index in [-0.39, 0.29) is 11.5 Å². The second kappa shape index (κ2) is 5.39. The Balaban J connectivity index is 1.89. The van der Waals surface area contributed by atoms with Gasteiger partial charge in [-0.15, -0.1) is 0 Å². The van der Waals surface area contributed by atoms with Gasteiger partial charge in [0.25, 0.3) is 0 Å². The summed E-state index contributed by atoms with van der Waals surface area (Å²) in [6.45, 7) is 6.45. The molecule has 0 radical (unpaired) electrons. The zero-order valence-electron chi connectivity index (χ0n) is 11.6. The number of hydrogen-bond acceptors (Lipinski definition) is 4. The van der Waals surface area contributed by atoms with Crippen molar-refractivity contribution in [1.29, 1.82) is 0 Å². The normalized spacial score (nSPS) is 19.3. The van der Waals surface area contributed by atoms with Crippen LogP contribution in [0, 0.1) is 11.3 Å². The molecule has 1 unspecified atom stereocenters. The molecule has 18 heavy (non-hydrogen) atoms. The van der Waals surface area contributed by atoms with Crippen LogP contribution >= 0.6 is 0 Å². The molecule has 4 nitrogen and oxygen atoms in total. The van der Waals surface area contributed by atoms with Crippen LogP contribution in [-0.4, -0.2) is 21.4 Å². The molecule has 1 aromatic heterocycles. The maximum atomic E-state index is 10.1. The van der Waals surface area contributed by atoms with E-state index in [0.29, 0.717) is 18.2 Å². The fourth-order valence-electron chi connectivity index (χ4n) is 2.61. The van der Waals surface area contributed by atoms with E-state index in [0.717, 1.165) is 25.1 Å². The van der Waals surface area contributed by atoms with Crippen LogP contribution in [0.15, 0.2) is 4.52 Å². The molecule has 0 aliphatic heterocycles. The predicted octanol–water partition coefficient (Wildman–Crippen LogP) is 2.75. The highest BCUT2D eigenvalue weighted by Crippen LogP contribution is 2.29. The van der Waals surface area contributed by atoms with Crippen LogP contribution in [0.5, 0.6) is 0 Å². The van der Waals surface area contributed by atoms with Crippen LogP contribution in [0.3, 0.4) is 0 Å². The van der Waals surface area contributed by atoms with Gasteiger partial charge in [0, 0.05) is 6.42 Å². The van der Waals surface area contributed by atoms with E-state index < -0.39 is 0 Å². The minimum atomic E-state index is -0.324. The second-order valence-electron chi connectivity index (χ2n) is 6.66. The summed E-state index contributed by atoms with van der Waals surface area (Å²) in [6, 6.07) is 0. The van der Waals surface area contributed by atoms with Crippen molar-refractivity contribution in [2.75, 3.05) is 0 Å². The molecule has 0 amide bonds. The SMILES string of the molecule is CC(C)(C)Cc1noc(CC(O)C2CCCC2)n1. The predicted molar refractivity (Wildman–Crippen MR) is 69.1 cm³/mol. The zero-order chi connectivity index (χ0) is 13.2. The molecule has 1 fully saturated rings. The van der Waals surface area contributed by atoms with Crippen LogP contribution in [-0.2, 0) is 12.8 Å². The Morgan fingerprint density at radius 2 is 2.00 bits per heavy atom. The van der Waals surface area contributed by atoms with Crippen LogP contribution in [0.25, 0.3) is 0 Å². The van der Waals surface area contributed by atoms with Crippen molar-refractivity contribution in [2.45, 2.75) is 65.4 Å².